The Balaban J connectivity index is 1.22. The second-order valence-electron chi connectivity index (χ2n) is 12.7. The molecule has 0 atom stereocenters. The number of hydrogen-bond donors (Lipinski definition) is 1. The lowest BCUT2D eigenvalue weighted by Gasteiger charge is -2.42. The molecule has 0 aliphatic carbocycles. The zero-order valence-electron chi connectivity index (χ0n) is 25.3. The molecule has 3 aliphatic rings. The third-order valence-electron chi connectivity index (χ3n) is 9.21. The van der Waals surface area contributed by atoms with Crippen LogP contribution in [0.5, 0.6) is 0 Å². The molecule has 1 saturated heterocycles. The summed E-state index contributed by atoms with van der Waals surface area (Å²) in [6, 6.07) is 12.1. The molecule has 1 fully saturated rings. The zero-order valence-corrected chi connectivity index (χ0v) is 26.1. The summed E-state index contributed by atoms with van der Waals surface area (Å²) in [6.45, 7) is 13.7. The summed E-state index contributed by atoms with van der Waals surface area (Å²) in [5.74, 6) is 1.39. The molecule has 0 bridgehead atoms. The largest absolute Gasteiger partial charge is 0.370 e. The highest BCUT2D eigenvalue weighted by Crippen LogP contribution is 2.41. The average Bonchev–Trinajstić information content (AvgIpc) is 2.97. The summed E-state index contributed by atoms with van der Waals surface area (Å²) in [5, 5.41) is 3.65. The first kappa shape index (κ1) is 28.9. The van der Waals surface area contributed by atoms with Crippen LogP contribution in [-0.4, -0.2) is 93.8 Å². The number of anilines is 4. The van der Waals surface area contributed by atoms with Crippen molar-refractivity contribution in [2.45, 2.75) is 43.5 Å². The lowest BCUT2D eigenvalue weighted by Crippen LogP contribution is -2.48. The Morgan fingerprint density at radius 2 is 1.76 bits per heavy atom. The van der Waals surface area contributed by atoms with Gasteiger partial charge in [-0.1, -0.05) is 19.9 Å². The number of aromatic nitrogens is 2. The molecular weight excluding hydrogens is 546 g/mol. The van der Waals surface area contributed by atoms with Crippen LogP contribution in [0.2, 0.25) is 0 Å². The molecule has 1 aromatic carbocycles. The first-order valence-electron chi connectivity index (χ1n) is 15.0. The van der Waals surface area contributed by atoms with Crippen molar-refractivity contribution in [2.24, 2.45) is 0 Å². The van der Waals surface area contributed by atoms with Gasteiger partial charge in [0.15, 0.2) is 9.84 Å². The second kappa shape index (κ2) is 11.5. The van der Waals surface area contributed by atoms with Crippen molar-refractivity contribution in [1.82, 2.24) is 19.8 Å². The fraction of sp³-hybridized carbons (Fsp3) is 0.500. The fourth-order valence-electron chi connectivity index (χ4n) is 6.50. The van der Waals surface area contributed by atoms with E-state index in [0.717, 1.165) is 75.7 Å². The van der Waals surface area contributed by atoms with Crippen LogP contribution in [0, 0.1) is 0 Å². The lowest BCUT2D eigenvalue weighted by molar-refractivity contribution is 0.156. The van der Waals surface area contributed by atoms with Gasteiger partial charge >= 0.3 is 0 Å². The van der Waals surface area contributed by atoms with E-state index in [1.165, 1.54) is 23.1 Å². The molecule has 0 spiro atoms. The number of pyridine rings is 2. The monoisotopic (exact) mass is 589 g/mol. The van der Waals surface area contributed by atoms with E-state index in [1.807, 2.05) is 12.3 Å². The number of sulfone groups is 1. The van der Waals surface area contributed by atoms with Crippen molar-refractivity contribution < 1.29 is 8.42 Å². The number of piperazine rings is 1. The summed E-state index contributed by atoms with van der Waals surface area (Å²) < 4.78 is 24.8. The number of benzene rings is 1. The van der Waals surface area contributed by atoms with E-state index < -0.39 is 9.84 Å². The fourth-order valence-corrected chi connectivity index (χ4v) is 7.34. The van der Waals surface area contributed by atoms with E-state index in [2.05, 4.69) is 69.0 Å². The highest BCUT2D eigenvalue weighted by molar-refractivity contribution is 7.90. The summed E-state index contributed by atoms with van der Waals surface area (Å²) in [6.07, 6.45) is 6.64. The van der Waals surface area contributed by atoms with Gasteiger partial charge in [0.25, 0.3) is 0 Å². The topological polar surface area (TPSA) is 84.9 Å². The number of likely N-dealkylation sites (N-methyl/N-ethyl adjacent to an activating group) is 1. The highest BCUT2D eigenvalue weighted by atomic mass is 32.2. The summed E-state index contributed by atoms with van der Waals surface area (Å²) in [4.78, 5) is 19.1. The Morgan fingerprint density at radius 1 is 0.952 bits per heavy atom. The van der Waals surface area contributed by atoms with Gasteiger partial charge in [-0.3, -0.25) is 4.90 Å². The molecule has 9 nitrogen and oxygen atoms in total. The van der Waals surface area contributed by atoms with Crippen molar-refractivity contribution in [3.63, 3.8) is 0 Å². The SMILES string of the molecule is CN1CCN(CCN2CCC(C)(C)c3ccc(Nc4nccc5c4CCN(c4ncccc4S(C)(=O)=O)C5)cc32)CC1. The Hall–Kier alpha value is -3.21. The van der Waals surface area contributed by atoms with Crippen LogP contribution >= 0.6 is 0 Å². The van der Waals surface area contributed by atoms with Crippen LogP contribution in [0.3, 0.4) is 0 Å². The summed E-state index contributed by atoms with van der Waals surface area (Å²) >= 11 is 0. The lowest BCUT2D eigenvalue weighted by atomic mass is 9.77. The maximum absolute atomic E-state index is 12.4. The number of rotatable bonds is 7. The Bertz CT molecular complexity index is 1550. The van der Waals surface area contributed by atoms with Crippen LogP contribution in [0.4, 0.5) is 23.0 Å². The predicted molar refractivity (Wildman–Crippen MR) is 170 cm³/mol. The Morgan fingerprint density at radius 3 is 2.55 bits per heavy atom. The average molecular weight is 590 g/mol. The third kappa shape index (κ3) is 5.98. The zero-order chi connectivity index (χ0) is 29.5. The normalized spacial score (nSPS) is 19.3. The van der Waals surface area contributed by atoms with Crippen LogP contribution in [0.15, 0.2) is 53.7 Å². The van der Waals surface area contributed by atoms with Crippen molar-refractivity contribution in [3.8, 4) is 0 Å². The molecule has 0 radical (unpaired) electrons. The maximum Gasteiger partial charge on any atom is 0.179 e. The van der Waals surface area contributed by atoms with Crippen LogP contribution in [0.25, 0.3) is 0 Å². The molecule has 2 aromatic heterocycles. The van der Waals surface area contributed by atoms with E-state index in [0.29, 0.717) is 18.9 Å². The molecule has 0 saturated carbocycles. The minimum Gasteiger partial charge on any atom is -0.370 e. The number of nitrogens with one attached hydrogen (secondary N) is 1. The number of fused-ring (bicyclic) bond motifs is 2. The van der Waals surface area contributed by atoms with E-state index >= 15 is 0 Å². The third-order valence-corrected chi connectivity index (χ3v) is 10.3. The van der Waals surface area contributed by atoms with E-state index in [1.54, 1.807) is 18.3 Å². The van der Waals surface area contributed by atoms with Gasteiger partial charge in [0.05, 0.1) is 0 Å². The van der Waals surface area contributed by atoms with E-state index in [4.69, 9.17) is 4.98 Å². The van der Waals surface area contributed by atoms with Crippen molar-refractivity contribution >= 4 is 32.8 Å². The summed E-state index contributed by atoms with van der Waals surface area (Å²) in [5.41, 5.74) is 6.23. The first-order chi connectivity index (χ1) is 20.1. The van der Waals surface area contributed by atoms with Crippen molar-refractivity contribution in [1.29, 1.82) is 0 Å². The van der Waals surface area contributed by atoms with E-state index in [-0.39, 0.29) is 10.3 Å². The van der Waals surface area contributed by atoms with Gasteiger partial charge in [-0.2, -0.15) is 0 Å². The molecule has 3 aliphatic heterocycles. The Labute approximate surface area is 250 Å². The van der Waals surface area contributed by atoms with Gasteiger partial charge < -0.3 is 20.0 Å². The minimum absolute atomic E-state index is 0.141. The molecule has 5 heterocycles. The van der Waals surface area contributed by atoms with Gasteiger partial charge in [0.2, 0.25) is 0 Å². The number of nitrogens with zero attached hydrogens (tertiary/aromatic N) is 6. The molecule has 3 aromatic rings. The predicted octanol–water partition coefficient (Wildman–Crippen LogP) is 3.92. The van der Waals surface area contributed by atoms with Gasteiger partial charge in [-0.05, 0) is 66.8 Å². The van der Waals surface area contributed by atoms with Crippen molar-refractivity contribution in [2.75, 3.05) is 80.8 Å². The van der Waals surface area contributed by atoms with Gasteiger partial charge in [0, 0.05) is 94.5 Å². The first-order valence-corrected chi connectivity index (χ1v) is 16.9. The molecule has 10 heteroatoms. The molecule has 1 N–H and O–H groups in total. The maximum atomic E-state index is 12.4. The van der Waals surface area contributed by atoms with E-state index in [9.17, 15) is 8.42 Å². The van der Waals surface area contributed by atoms with Crippen LogP contribution < -0.4 is 15.1 Å². The molecule has 0 unspecified atom stereocenters. The molecule has 0 amide bonds. The standard InChI is InChI=1S/C32H43N7O2S/c1-32(2)11-15-38(21-20-37-18-16-36(3)17-19-37)28-22-25(7-8-27(28)32)35-30-26-10-14-39(23-24(26)9-13-33-30)31-29(42(4,40)41)6-5-12-34-31/h5-9,12-13,22H,10-11,14-21,23H2,1-4H3,(H,33,35). The van der Waals surface area contributed by atoms with Gasteiger partial charge in [0.1, 0.15) is 16.5 Å². The quantitative estimate of drug-likeness (QED) is 0.441. The smallest absolute Gasteiger partial charge is 0.179 e. The minimum atomic E-state index is -3.38. The second-order valence-corrected chi connectivity index (χ2v) is 14.7. The molecule has 6 rings (SSSR count). The van der Waals surface area contributed by atoms with Gasteiger partial charge in [-0.25, -0.2) is 18.4 Å². The Kier molecular flexibility index (Phi) is 7.89. The number of hydrogen-bond acceptors (Lipinski definition) is 9. The van der Waals surface area contributed by atoms with Crippen LogP contribution in [-0.2, 0) is 28.2 Å². The molecule has 42 heavy (non-hydrogen) atoms. The molecular formula is C32H43N7O2S. The molecule has 224 valence electrons. The highest BCUT2D eigenvalue weighted by Gasteiger charge is 2.32. The summed E-state index contributed by atoms with van der Waals surface area (Å²) in [7, 11) is -1.17. The van der Waals surface area contributed by atoms with Gasteiger partial charge in [-0.15, -0.1) is 0 Å². The van der Waals surface area contributed by atoms with Crippen LogP contribution in [0.1, 0.15) is 37.0 Å². The van der Waals surface area contributed by atoms with Crippen molar-refractivity contribution in [3.05, 3.63) is 65.5 Å².